The highest BCUT2D eigenvalue weighted by Crippen LogP contribution is 2.31. The first-order chi connectivity index (χ1) is 9.49. The maximum absolute atomic E-state index is 13.8. The summed E-state index contributed by atoms with van der Waals surface area (Å²) < 4.78 is 13.8. The number of aliphatic hydroxyl groups excluding tert-OH is 1. The molecule has 1 aromatic carbocycles. The van der Waals surface area contributed by atoms with Crippen molar-refractivity contribution in [2.45, 2.75) is 51.3 Å². The highest BCUT2D eigenvalue weighted by atomic mass is 35.5. The number of aliphatic hydroxyl groups is 1. The van der Waals surface area contributed by atoms with Gasteiger partial charge in [0.25, 0.3) is 0 Å². The molecule has 1 amide bonds. The number of hydrogen-bond donors (Lipinski definition) is 1. The Morgan fingerprint density at radius 2 is 2.25 bits per heavy atom. The average Bonchev–Trinajstić information content (AvgIpc) is 3.20. The first kappa shape index (κ1) is 15.3. The molecule has 1 atom stereocenters. The van der Waals surface area contributed by atoms with Crippen molar-refractivity contribution in [1.82, 2.24) is 4.90 Å². The number of hydrogen-bond acceptors (Lipinski definition) is 2. The van der Waals surface area contributed by atoms with E-state index < -0.39 is 6.10 Å². The fraction of sp³-hybridized carbons (Fsp3) is 0.533. The molecule has 0 saturated heterocycles. The number of nitrogens with zero attached hydrogens (tertiary/aromatic N) is 1. The second-order valence-corrected chi connectivity index (χ2v) is 5.75. The molecule has 2 rings (SSSR count). The van der Waals surface area contributed by atoms with Crippen LogP contribution in [0.25, 0.3) is 0 Å². The van der Waals surface area contributed by atoms with Crippen LogP contribution in [0.2, 0.25) is 5.02 Å². The van der Waals surface area contributed by atoms with Crippen LogP contribution in [0.3, 0.4) is 0 Å². The summed E-state index contributed by atoms with van der Waals surface area (Å²) in [6, 6.07) is 4.72. The molecule has 1 aliphatic carbocycles. The molecule has 1 aliphatic rings. The minimum absolute atomic E-state index is 0.0484. The smallest absolute Gasteiger partial charge is 0.223 e. The molecular formula is C15H19ClFNO2. The van der Waals surface area contributed by atoms with Crippen molar-refractivity contribution in [2.24, 2.45) is 0 Å². The Kier molecular flexibility index (Phi) is 5.00. The van der Waals surface area contributed by atoms with Gasteiger partial charge in [0.1, 0.15) is 5.82 Å². The van der Waals surface area contributed by atoms with E-state index in [1.165, 1.54) is 6.07 Å². The first-order valence-electron chi connectivity index (χ1n) is 6.89. The van der Waals surface area contributed by atoms with Gasteiger partial charge in [-0.25, -0.2) is 4.39 Å². The molecule has 1 N–H and O–H groups in total. The predicted octanol–water partition coefficient (Wildman–Crippen LogP) is 3.13. The van der Waals surface area contributed by atoms with Crippen LogP contribution in [0.1, 0.15) is 38.2 Å². The maximum atomic E-state index is 13.8. The number of carbonyl (C=O) groups is 1. The normalized spacial score (nSPS) is 16.0. The first-order valence-corrected chi connectivity index (χ1v) is 7.27. The van der Waals surface area contributed by atoms with Crippen LogP contribution < -0.4 is 0 Å². The molecule has 1 saturated carbocycles. The number of halogens is 2. The summed E-state index contributed by atoms with van der Waals surface area (Å²) >= 11 is 6.01. The third-order valence-electron chi connectivity index (χ3n) is 3.47. The lowest BCUT2D eigenvalue weighted by atomic mass is 10.1. The van der Waals surface area contributed by atoms with Gasteiger partial charge in [-0.2, -0.15) is 0 Å². The molecule has 0 radical (unpaired) electrons. The van der Waals surface area contributed by atoms with E-state index in [0.29, 0.717) is 17.0 Å². The molecule has 0 spiro atoms. The summed E-state index contributed by atoms with van der Waals surface area (Å²) in [7, 11) is 0. The molecule has 0 aromatic heterocycles. The Hall–Kier alpha value is -1.13. The summed E-state index contributed by atoms with van der Waals surface area (Å²) in [5.41, 5.74) is 0.367. The minimum atomic E-state index is -0.503. The Balaban J connectivity index is 2.08. The lowest BCUT2D eigenvalue weighted by molar-refractivity contribution is -0.133. The van der Waals surface area contributed by atoms with Gasteiger partial charge in [0.2, 0.25) is 5.91 Å². The van der Waals surface area contributed by atoms with E-state index in [1.807, 2.05) is 0 Å². The van der Waals surface area contributed by atoms with Gasteiger partial charge in [0.05, 0.1) is 12.6 Å². The quantitative estimate of drug-likeness (QED) is 0.877. The summed E-state index contributed by atoms with van der Waals surface area (Å²) in [6.45, 7) is 1.86. The molecule has 1 aromatic rings. The van der Waals surface area contributed by atoms with Crippen LogP contribution in [-0.2, 0) is 11.3 Å². The molecule has 0 heterocycles. The van der Waals surface area contributed by atoms with Crippen molar-refractivity contribution >= 4 is 17.5 Å². The van der Waals surface area contributed by atoms with Crippen LogP contribution in [0, 0.1) is 5.82 Å². The lowest BCUT2D eigenvalue weighted by Gasteiger charge is -2.23. The van der Waals surface area contributed by atoms with Gasteiger partial charge in [0, 0.05) is 23.0 Å². The van der Waals surface area contributed by atoms with Gasteiger partial charge >= 0.3 is 0 Å². The van der Waals surface area contributed by atoms with E-state index in [4.69, 9.17) is 11.6 Å². The standard InChI is InChI=1S/C15H19ClFNO2/c1-10(19)5-8-15(20)18(11-6-7-11)9-12-13(16)3-2-4-14(12)17/h2-4,10-11,19H,5-9H2,1H3. The molecule has 110 valence electrons. The second-order valence-electron chi connectivity index (χ2n) is 5.34. The maximum Gasteiger partial charge on any atom is 0.223 e. The van der Waals surface area contributed by atoms with Gasteiger partial charge in [-0.15, -0.1) is 0 Å². The second kappa shape index (κ2) is 6.55. The highest BCUT2D eigenvalue weighted by molar-refractivity contribution is 6.31. The van der Waals surface area contributed by atoms with Gasteiger partial charge in [-0.3, -0.25) is 4.79 Å². The van der Waals surface area contributed by atoms with Gasteiger partial charge in [0.15, 0.2) is 0 Å². The number of benzene rings is 1. The largest absolute Gasteiger partial charge is 0.393 e. The summed E-state index contributed by atoms with van der Waals surface area (Å²) in [4.78, 5) is 13.9. The highest BCUT2D eigenvalue weighted by Gasteiger charge is 2.33. The fourth-order valence-electron chi connectivity index (χ4n) is 2.14. The van der Waals surface area contributed by atoms with Gasteiger partial charge in [-0.05, 0) is 38.3 Å². The van der Waals surface area contributed by atoms with E-state index >= 15 is 0 Å². The molecule has 3 nitrogen and oxygen atoms in total. The molecule has 0 bridgehead atoms. The van der Waals surface area contributed by atoms with Crippen LogP contribution in [0.5, 0.6) is 0 Å². The minimum Gasteiger partial charge on any atom is -0.393 e. The number of amides is 1. The predicted molar refractivity (Wildman–Crippen MR) is 75.9 cm³/mol. The van der Waals surface area contributed by atoms with E-state index in [2.05, 4.69) is 0 Å². The van der Waals surface area contributed by atoms with Crippen molar-refractivity contribution in [2.75, 3.05) is 0 Å². The van der Waals surface area contributed by atoms with E-state index in [-0.39, 0.29) is 30.7 Å². The number of carbonyl (C=O) groups excluding carboxylic acids is 1. The zero-order valence-corrected chi connectivity index (χ0v) is 12.2. The molecule has 1 unspecified atom stereocenters. The van der Waals surface area contributed by atoms with E-state index in [1.54, 1.807) is 24.0 Å². The lowest BCUT2D eigenvalue weighted by Crippen LogP contribution is -2.33. The Morgan fingerprint density at radius 1 is 1.55 bits per heavy atom. The van der Waals surface area contributed by atoms with Crippen molar-refractivity contribution in [1.29, 1.82) is 0 Å². The van der Waals surface area contributed by atoms with Crippen molar-refractivity contribution in [3.05, 3.63) is 34.6 Å². The summed E-state index contributed by atoms with van der Waals surface area (Å²) in [5.74, 6) is -0.431. The fourth-order valence-corrected chi connectivity index (χ4v) is 2.36. The summed E-state index contributed by atoms with van der Waals surface area (Å²) in [5, 5.41) is 9.61. The average molecular weight is 300 g/mol. The Labute approximate surface area is 123 Å². The third-order valence-corrected chi connectivity index (χ3v) is 3.83. The van der Waals surface area contributed by atoms with E-state index in [0.717, 1.165) is 12.8 Å². The Bertz CT molecular complexity index is 469. The zero-order valence-electron chi connectivity index (χ0n) is 11.5. The molecule has 1 fully saturated rings. The van der Waals surface area contributed by atoms with Crippen LogP contribution >= 0.6 is 11.6 Å². The molecule has 20 heavy (non-hydrogen) atoms. The van der Waals surface area contributed by atoms with E-state index in [9.17, 15) is 14.3 Å². The SMILES string of the molecule is CC(O)CCC(=O)N(Cc1c(F)cccc1Cl)C1CC1. The van der Waals surface area contributed by atoms with Gasteiger partial charge in [-0.1, -0.05) is 17.7 Å². The van der Waals surface area contributed by atoms with Crippen molar-refractivity contribution in [3.8, 4) is 0 Å². The van der Waals surface area contributed by atoms with Crippen LogP contribution in [0.15, 0.2) is 18.2 Å². The molecular weight excluding hydrogens is 281 g/mol. The molecule has 0 aliphatic heterocycles. The third kappa shape index (κ3) is 3.93. The topological polar surface area (TPSA) is 40.5 Å². The Morgan fingerprint density at radius 3 is 2.80 bits per heavy atom. The molecule has 5 heteroatoms. The van der Waals surface area contributed by atoms with Crippen molar-refractivity contribution < 1.29 is 14.3 Å². The zero-order chi connectivity index (χ0) is 14.7. The van der Waals surface area contributed by atoms with Gasteiger partial charge < -0.3 is 10.0 Å². The van der Waals surface area contributed by atoms with Crippen molar-refractivity contribution in [3.63, 3.8) is 0 Å². The van der Waals surface area contributed by atoms with Crippen LogP contribution in [0.4, 0.5) is 4.39 Å². The summed E-state index contributed by atoms with van der Waals surface area (Å²) in [6.07, 6.45) is 2.10. The monoisotopic (exact) mass is 299 g/mol. The number of rotatable bonds is 6. The van der Waals surface area contributed by atoms with Crippen LogP contribution in [-0.4, -0.2) is 28.1 Å².